The summed E-state index contributed by atoms with van der Waals surface area (Å²) in [4.78, 5) is 16.9. The molecule has 1 fully saturated rings. The second-order valence-corrected chi connectivity index (χ2v) is 6.38. The van der Waals surface area contributed by atoms with E-state index in [2.05, 4.69) is 42.3 Å². The number of carbonyl (C=O) groups excluding carboxylic acids is 1. The summed E-state index contributed by atoms with van der Waals surface area (Å²) in [6, 6.07) is 20.0. The Bertz CT molecular complexity index is 652. The van der Waals surface area contributed by atoms with Gasteiger partial charge in [0.15, 0.2) is 0 Å². The third-order valence-electron chi connectivity index (χ3n) is 4.55. The predicted octanol–water partition coefficient (Wildman–Crippen LogP) is 3.73. The molecule has 0 aliphatic carbocycles. The minimum atomic E-state index is -0.451. The summed E-state index contributed by atoms with van der Waals surface area (Å²) in [5.74, 6) is 0.0678. The van der Waals surface area contributed by atoms with Crippen LogP contribution in [0.4, 0.5) is 0 Å². The smallest absolute Gasteiger partial charge is 0.239 e. The number of piperazine rings is 1. The van der Waals surface area contributed by atoms with Gasteiger partial charge in [0.05, 0.1) is 6.04 Å². The molecule has 2 aromatic carbocycles. The van der Waals surface area contributed by atoms with Crippen LogP contribution in [-0.2, 0) is 17.8 Å². The van der Waals surface area contributed by atoms with Gasteiger partial charge in [0.1, 0.15) is 0 Å². The first-order valence-electron chi connectivity index (χ1n) is 10.1. The zero-order chi connectivity index (χ0) is 20.8. The molecule has 0 spiro atoms. The molecule has 28 heavy (non-hydrogen) atoms. The van der Waals surface area contributed by atoms with Gasteiger partial charge in [-0.3, -0.25) is 9.69 Å². The average molecular weight is 382 g/mol. The van der Waals surface area contributed by atoms with Crippen LogP contribution in [0.15, 0.2) is 73.8 Å². The number of amides is 1. The molecule has 1 saturated heterocycles. The molecule has 3 rings (SSSR count). The molecule has 0 radical (unpaired) electrons. The first kappa shape index (κ1) is 23.6. The highest BCUT2D eigenvalue weighted by molar-refractivity contribution is 5.82. The largest absolute Gasteiger partial charge is 0.339 e. The Morgan fingerprint density at radius 1 is 0.893 bits per heavy atom. The molecule has 1 atom stereocenters. The van der Waals surface area contributed by atoms with Crippen LogP contribution in [0.5, 0.6) is 0 Å². The highest BCUT2D eigenvalue weighted by atomic mass is 16.2. The lowest BCUT2D eigenvalue weighted by Crippen LogP contribution is -2.53. The van der Waals surface area contributed by atoms with Gasteiger partial charge in [-0.05, 0) is 17.5 Å². The van der Waals surface area contributed by atoms with E-state index in [0.29, 0.717) is 6.42 Å². The molecule has 1 amide bonds. The number of carbonyl (C=O) groups is 1. The van der Waals surface area contributed by atoms with E-state index < -0.39 is 6.04 Å². The lowest BCUT2D eigenvalue weighted by Gasteiger charge is -2.36. The molecule has 2 N–H and O–H groups in total. The van der Waals surface area contributed by atoms with Crippen molar-refractivity contribution in [3.8, 4) is 0 Å². The first-order valence-corrected chi connectivity index (χ1v) is 10.1. The van der Waals surface area contributed by atoms with Crippen LogP contribution in [-0.4, -0.2) is 47.9 Å². The van der Waals surface area contributed by atoms with Crippen molar-refractivity contribution in [3.63, 3.8) is 0 Å². The van der Waals surface area contributed by atoms with Crippen LogP contribution in [0.1, 0.15) is 25.0 Å². The fraction of sp³-hybridized carbons (Fsp3) is 0.375. The van der Waals surface area contributed by atoms with Gasteiger partial charge in [0.2, 0.25) is 5.91 Å². The summed E-state index contributed by atoms with van der Waals surface area (Å²) in [5, 5.41) is 0. The van der Waals surface area contributed by atoms with E-state index in [0.717, 1.165) is 38.3 Å². The number of nitrogens with two attached hydrogens (primary N) is 1. The maximum Gasteiger partial charge on any atom is 0.239 e. The number of benzene rings is 2. The van der Waals surface area contributed by atoms with Crippen molar-refractivity contribution in [1.29, 1.82) is 0 Å². The van der Waals surface area contributed by atoms with E-state index >= 15 is 0 Å². The van der Waals surface area contributed by atoms with Crippen LogP contribution in [0.3, 0.4) is 0 Å². The minimum Gasteiger partial charge on any atom is -0.339 e. The van der Waals surface area contributed by atoms with Crippen molar-refractivity contribution in [2.45, 2.75) is 32.9 Å². The molecule has 1 heterocycles. The lowest BCUT2D eigenvalue weighted by molar-refractivity contribution is -0.134. The molecule has 0 aromatic heterocycles. The quantitative estimate of drug-likeness (QED) is 0.803. The third kappa shape index (κ3) is 7.67. The minimum absolute atomic E-state index is 0.0678. The number of rotatable bonds is 5. The maximum absolute atomic E-state index is 12.5. The second-order valence-electron chi connectivity index (χ2n) is 6.38. The van der Waals surface area contributed by atoms with Crippen molar-refractivity contribution in [2.75, 3.05) is 26.2 Å². The Morgan fingerprint density at radius 3 is 1.86 bits per heavy atom. The molecular weight excluding hydrogens is 346 g/mol. The fourth-order valence-electron chi connectivity index (χ4n) is 3.16. The number of nitrogens with zero attached hydrogens (tertiary/aromatic N) is 2. The Labute approximate surface area is 170 Å². The van der Waals surface area contributed by atoms with Gasteiger partial charge in [-0.1, -0.05) is 74.5 Å². The van der Waals surface area contributed by atoms with Gasteiger partial charge in [0.25, 0.3) is 0 Å². The Morgan fingerprint density at radius 2 is 1.36 bits per heavy atom. The summed E-state index contributed by atoms with van der Waals surface area (Å²) in [5.41, 5.74) is 8.56. The van der Waals surface area contributed by atoms with Crippen molar-refractivity contribution in [2.24, 2.45) is 5.73 Å². The molecule has 0 bridgehead atoms. The molecule has 1 aliphatic heterocycles. The van der Waals surface area contributed by atoms with Gasteiger partial charge in [-0.2, -0.15) is 0 Å². The number of hydrogen-bond donors (Lipinski definition) is 1. The second kappa shape index (κ2) is 13.7. The van der Waals surface area contributed by atoms with Crippen LogP contribution in [0.25, 0.3) is 0 Å². The highest BCUT2D eigenvalue weighted by Crippen LogP contribution is 2.10. The zero-order valence-corrected chi connectivity index (χ0v) is 17.4. The highest BCUT2D eigenvalue weighted by Gasteiger charge is 2.25. The van der Waals surface area contributed by atoms with Gasteiger partial charge in [-0.25, -0.2) is 0 Å². The van der Waals surface area contributed by atoms with E-state index in [-0.39, 0.29) is 5.91 Å². The normalized spacial score (nSPS) is 14.8. The monoisotopic (exact) mass is 381 g/mol. The van der Waals surface area contributed by atoms with Crippen molar-refractivity contribution in [3.05, 3.63) is 84.9 Å². The van der Waals surface area contributed by atoms with E-state index in [4.69, 9.17) is 5.73 Å². The van der Waals surface area contributed by atoms with E-state index in [9.17, 15) is 4.79 Å². The van der Waals surface area contributed by atoms with Crippen LogP contribution < -0.4 is 5.73 Å². The average Bonchev–Trinajstić information content (AvgIpc) is 2.78. The van der Waals surface area contributed by atoms with E-state index in [1.165, 1.54) is 5.56 Å². The van der Waals surface area contributed by atoms with Gasteiger partial charge >= 0.3 is 0 Å². The first-order chi connectivity index (χ1) is 13.7. The predicted molar refractivity (Wildman–Crippen MR) is 119 cm³/mol. The molecule has 0 saturated carbocycles. The SMILES string of the molecule is C=C.CC.NC(Cc1ccccc1)C(=O)N1CCN(Cc2ccccc2)CC1. The molecule has 1 aliphatic rings. The zero-order valence-electron chi connectivity index (χ0n) is 17.4. The Hall–Kier alpha value is -2.43. The van der Waals surface area contributed by atoms with Crippen molar-refractivity contribution < 1.29 is 4.79 Å². The summed E-state index contributed by atoms with van der Waals surface area (Å²) in [7, 11) is 0. The van der Waals surface area contributed by atoms with Crippen molar-refractivity contribution >= 4 is 5.91 Å². The fourth-order valence-corrected chi connectivity index (χ4v) is 3.16. The van der Waals surface area contributed by atoms with Crippen LogP contribution in [0.2, 0.25) is 0 Å². The molecular formula is C24H35N3O. The number of hydrogen-bond acceptors (Lipinski definition) is 3. The summed E-state index contributed by atoms with van der Waals surface area (Å²) in [6.45, 7) is 14.3. The van der Waals surface area contributed by atoms with E-state index in [1.54, 1.807) is 0 Å². The van der Waals surface area contributed by atoms with Crippen molar-refractivity contribution in [1.82, 2.24) is 9.80 Å². The standard InChI is InChI=1S/C20H25N3O.C2H6.C2H4/c21-19(15-17-7-3-1-4-8-17)20(24)23-13-11-22(12-14-23)16-18-9-5-2-6-10-18;2*1-2/h1-10,19H,11-16,21H2;1-2H3;1-2H2. The molecule has 152 valence electrons. The van der Waals surface area contributed by atoms with E-state index in [1.807, 2.05) is 55.1 Å². The van der Waals surface area contributed by atoms with Gasteiger partial charge < -0.3 is 10.6 Å². The molecule has 4 heteroatoms. The van der Waals surface area contributed by atoms with Gasteiger partial charge in [-0.15, -0.1) is 13.2 Å². The van der Waals surface area contributed by atoms with Crippen LogP contribution in [0, 0.1) is 0 Å². The maximum atomic E-state index is 12.5. The van der Waals surface area contributed by atoms with Gasteiger partial charge in [0, 0.05) is 32.7 Å². The summed E-state index contributed by atoms with van der Waals surface area (Å²) in [6.07, 6.45) is 0.601. The van der Waals surface area contributed by atoms with Crippen LogP contribution >= 0.6 is 0 Å². The Kier molecular flexibility index (Phi) is 11.5. The molecule has 2 aromatic rings. The topological polar surface area (TPSA) is 49.6 Å². The molecule has 4 nitrogen and oxygen atoms in total. The summed E-state index contributed by atoms with van der Waals surface area (Å²) < 4.78 is 0. The summed E-state index contributed by atoms with van der Waals surface area (Å²) >= 11 is 0. The lowest BCUT2D eigenvalue weighted by atomic mass is 10.1. The Balaban J connectivity index is 0.000000921. The third-order valence-corrected chi connectivity index (χ3v) is 4.55. The molecule has 1 unspecified atom stereocenters.